The molecule has 0 spiro atoms. The Kier molecular flexibility index (Phi) is 10.7. The third-order valence-electron chi connectivity index (χ3n) is 7.58. The second kappa shape index (κ2) is 14.4. The van der Waals surface area contributed by atoms with Gasteiger partial charge in [-0.1, -0.05) is 12.1 Å². The smallest absolute Gasteiger partial charge is 0.409 e. The number of carboxylic acids is 1. The molecule has 2 saturated heterocycles. The molecule has 45 heavy (non-hydrogen) atoms. The Bertz CT molecular complexity index is 1430. The SMILES string of the molecule is CCOC(=O)N1CCN(C(=O)C(CCC(=O)O)NC(=O)c2cc(OCC(=O)N3CCCC3C(F)(F)F)c3ccccc3n2)CC1. The highest BCUT2D eigenvalue weighted by molar-refractivity contribution is 5.99. The number of nitrogens with zero attached hydrogens (tertiary/aromatic N) is 4. The zero-order valence-electron chi connectivity index (χ0n) is 24.5. The van der Waals surface area contributed by atoms with Crippen molar-refractivity contribution >= 4 is 40.7 Å². The van der Waals surface area contributed by atoms with Crippen molar-refractivity contribution in [3.05, 3.63) is 36.0 Å². The van der Waals surface area contributed by atoms with E-state index >= 15 is 0 Å². The van der Waals surface area contributed by atoms with E-state index in [9.17, 15) is 42.3 Å². The number of pyridine rings is 1. The van der Waals surface area contributed by atoms with Crippen LogP contribution in [0.15, 0.2) is 30.3 Å². The van der Waals surface area contributed by atoms with Crippen molar-refractivity contribution in [2.24, 2.45) is 0 Å². The van der Waals surface area contributed by atoms with Crippen LogP contribution in [0.4, 0.5) is 18.0 Å². The molecule has 2 fully saturated rings. The van der Waals surface area contributed by atoms with Crippen molar-refractivity contribution in [1.29, 1.82) is 0 Å². The van der Waals surface area contributed by atoms with Gasteiger partial charge >= 0.3 is 18.2 Å². The number of benzene rings is 1. The molecular weight excluding hydrogens is 603 g/mol. The normalized spacial score (nSPS) is 17.6. The lowest BCUT2D eigenvalue weighted by Crippen LogP contribution is -2.56. The van der Waals surface area contributed by atoms with E-state index in [2.05, 4.69) is 10.3 Å². The summed E-state index contributed by atoms with van der Waals surface area (Å²) in [6, 6.07) is 4.55. The topological polar surface area (TPSA) is 159 Å². The van der Waals surface area contributed by atoms with Crippen LogP contribution in [0.2, 0.25) is 0 Å². The summed E-state index contributed by atoms with van der Waals surface area (Å²) < 4.78 is 50.7. The van der Waals surface area contributed by atoms with Crippen molar-refractivity contribution in [2.45, 2.75) is 50.9 Å². The van der Waals surface area contributed by atoms with Crippen molar-refractivity contribution in [1.82, 2.24) is 25.0 Å². The number of amides is 4. The monoisotopic (exact) mass is 637 g/mol. The van der Waals surface area contributed by atoms with Crippen LogP contribution in [0.5, 0.6) is 5.75 Å². The van der Waals surface area contributed by atoms with Crippen molar-refractivity contribution < 1.29 is 51.7 Å². The molecule has 4 rings (SSSR count). The summed E-state index contributed by atoms with van der Waals surface area (Å²) in [5.74, 6) is -3.39. The fraction of sp³-hybridized carbons (Fsp3) is 0.517. The summed E-state index contributed by atoms with van der Waals surface area (Å²) in [6.45, 7) is 1.78. The first kappa shape index (κ1) is 33.3. The largest absolute Gasteiger partial charge is 0.483 e. The van der Waals surface area contributed by atoms with Crippen LogP contribution in [0.3, 0.4) is 0 Å². The number of carboxylic acid groups (broad SMARTS) is 1. The second-order valence-corrected chi connectivity index (χ2v) is 10.6. The quantitative estimate of drug-likeness (QED) is 0.399. The summed E-state index contributed by atoms with van der Waals surface area (Å²) >= 11 is 0. The summed E-state index contributed by atoms with van der Waals surface area (Å²) in [5.41, 5.74) is 0.0659. The molecule has 1 aromatic carbocycles. The van der Waals surface area contributed by atoms with E-state index in [0.717, 1.165) is 4.90 Å². The number of aliphatic carboxylic acids is 1. The predicted octanol–water partition coefficient (Wildman–Crippen LogP) is 2.43. The first-order valence-electron chi connectivity index (χ1n) is 14.5. The molecule has 16 heteroatoms. The van der Waals surface area contributed by atoms with Crippen LogP contribution in [0.25, 0.3) is 10.9 Å². The van der Waals surface area contributed by atoms with Gasteiger partial charge in [-0.3, -0.25) is 19.2 Å². The number of alkyl halides is 3. The molecule has 0 radical (unpaired) electrons. The number of ether oxygens (including phenoxy) is 2. The van der Waals surface area contributed by atoms with E-state index in [-0.39, 0.29) is 75.6 Å². The number of halogens is 3. The molecule has 2 atom stereocenters. The summed E-state index contributed by atoms with van der Waals surface area (Å²) in [5, 5.41) is 12.2. The van der Waals surface area contributed by atoms with Crippen LogP contribution in [-0.4, -0.2) is 119 Å². The fourth-order valence-corrected chi connectivity index (χ4v) is 5.31. The maximum absolute atomic E-state index is 13.4. The number of nitrogens with one attached hydrogen (secondary N) is 1. The Balaban J connectivity index is 1.49. The first-order chi connectivity index (χ1) is 21.4. The Morgan fingerprint density at radius 3 is 2.42 bits per heavy atom. The van der Waals surface area contributed by atoms with Gasteiger partial charge in [0, 0.05) is 50.6 Å². The number of piperazine rings is 1. The average Bonchev–Trinajstić information content (AvgIpc) is 3.53. The van der Waals surface area contributed by atoms with E-state index in [1.54, 1.807) is 31.2 Å². The van der Waals surface area contributed by atoms with Gasteiger partial charge in [0.05, 0.1) is 12.1 Å². The van der Waals surface area contributed by atoms with Crippen LogP contribution >= 0.6 is 0 Å². The van der Waals surface area contributed by atoms with E-state index in [4.69, 9.17) is 9.47 Å². The Morgan fingerprint density at radius 2 is 1.76 bits per heavy atom. The molecule has 2 aliphatic rings. The average molecular weight is 638 g/mol. The molecule has 3 heterocycles. The highest BCUT2D eigenvalue weighted by Gasteiger charge is 2.47. The molecule has 13 nitrogen and oxygen atoms in total. The minimum atomic E-state index is -4.57. The third kappa shape index (κ3) is 8.30. The Labute approximate surface area is 256 Å². The number of aromatic nitrogens is 1. The van der Waals surface area contributed by atoms with Crippen LogP contribution in [-0.2, 0) is 19.1 Å². The second-order valence-electron chi connectivity index (χ2n) is 10.6. The zero-order valence-corrected chi connectivity index (χ0v) is 24.5. The summed E-state index contributed by atoms with van der Waals surface area (Å²) in [6.07, 6.45) is -5.70. The lowest BCUT2D eigenvalue weighted by atomic mass is 10.1. The standard InChI is InChI=1S/C29H34F3N5O8/c1-2-44-28(43)36-14-12-35(13-15-36)27(42)20(9-10-25(39)40)34-26(41)21-16-22(18-6-3-4-7-19(18)33-21)45-17-24(38)37-11-5-8-23(37)29(30,31)32/h3-4,6-7,16,20,23H,2,5,8-15,17H2,1H3,(H,34,41)(H,39,40). The lowest BCUT2D eigenvalue weighted by molar-refractivity contribution is -0.183. The molecule has 2 unspecified atom stereocenters. The highest BCUT2D eigenvalue weighted by Crippen LogP contribution is 2.33. The van der Waals surface area contributed by atoms with E-state index < -0.39 is 61.1 Å². The summed E-state index contributed by atoms with van der Waals surface area (Å²) in [7, 11) is 0. The number of rotatable bonds is 10. The van der Waals surface area contributed by atoms with Crippen LogP contribution < -0.4 is 10.1 Å². The number of fused-ring (bicyclic) bond motifs is 1. The number of para-hydroxylation sites is 1. The van der Waals surface area contributed by atoms with Gasteiger partial charge in [-0.05, 0) is 38.3 Å². The van der Waals surface area contributed by atoms with Crippen LogP contribution in [0.1, 0.15) is 43.1 Å². The molecule has 2 N–H and O–H groups in total. The number of hydrogen-bond donors (Lipinski definition) is 2. The van der Waals surface area contributed by atoms with Gasteiger partial charge in [0.25, 0.3) is 11.8 Å². The number of hydrogen-bond acceptors (Lipinski definition) is 8. The highest BCUT2D eigenvalue weighted by atomic mass is 19.4. The van der Waals surface area contributed by atoms with Crippen molar-refractivity contribution in [2.75, 3.05) is 45.9 Å². The maximum atomic E-state index is 13.4. The van der Waals surface area contributed by atoms with Gasteiger partial charge < -0.3 is 34.6 Å². The van der Waals surface area contributed by atoms with E-state index in [0.29, 0.717) is 5.39 Å². The molecule has 1 aromatic heterocycles. The van der Waals surface area contributed by atoms with Gasteiger partial charge in [-0.2, -0.15) is 13.2 Å². The van der Waals surface area contributed by atoms with Gasteiger partial charge in [0.1, 0.15) is 23.5 Å². The molecular formula is C29H34F3N5O8. The van der Waals surface area contributed by atoms with Gasteiger partial charge in [-0.25, -0.2) is 9.78 Å². The number of carbonyl (C=O) groups is 5. The number of likely N-dealkylation sites (tertiary alicyclic amines) is 1. The van der Waals surface area contributed by atoms with Gasteiger partial charge in [0.15, 0.2) is 6.61 Å². The molecule has 0 bridgehead atoms. The predicted molar refractivity (Wildman–Crippen MR) is 151 cm³/mol. The minimum Gasteiger partial charge on any atom is -0.483 e. The Hall–Kier alpha value is -4.63. The van der Waals surface area contributed by atoms with E-state index in [1.807, 2.05) is 0 Å². The first-order valence-corrected chi connectivity index (χ1v) is 14.5. The molecule has 2 aromatic rings. The molecule has 244 valence electrons. The lowest BCUT2D eigenvalue weighted by Gasteiger charge is -2.35. The van der Waals surface area contributed by atoms with Gasteiger partial charge in [0.2, 0.25) is 5.91 Å². The summed E-state index contributed by atoms with van der Waals surface area (Å²) in [4.78, 5) is 70.7. The van der Waals surface area contributed by atoms with E-state index in [1.165, 1.54) is 15.9 Å². The zero-order chi connectivity index (χ0) is 32.7. The van der Waals surface area contributed by atoms with Crippen molar-refractivity contribution in [3.8, 4) is 5.75 Å². The third-order valence-corrected chi connectivity index (χ3v) is 7.58. The van der Waals surface area contributed by atoms with Crippen LogP contribution in [0, 0.1) is 0 Å². The number of carbonyl (C=O) groups excluding carboxylic acids is 4. The molecule has 0 aliphatic carbocycles. The van der Waals surface area contributed by atoms with Gasteiger partial charge in [-0.15, -0.1) is 0 Å². The van der Waals surface area contributed by atoms with Crippen molar-refractivity contribution in [3.63, 3.8) is 0 Å². The maximum Gasteiger partial charge on any atom is 0.409 e. The Morgan fingerprint density at radius 1 is 1.07 bits per heavy atom. The minimum absolute atomic E-state index is 0.0188. The molecule has 2 aliphatic heterocycles. The molecule has 0 saturated carbocycles. The molecule has 4 amide bonds. The fourth-order valence-electron chi connectivity index (χ4n) is 5.31.